The first-order chi connectivity index (χ1) is 22.0. The normalized spacial score (nSPS) is 25.1. The second-order valence-electron chi connectivity index (χ2n) is 11.2. The van der Waals surface area contributed by atoms with Crippen molar-refractivity contribution in [2.75, 3.05) is 19.1 Å². The van der Waals surface area contributed by atoms with E-state index in [9.17, 15) is 28.7 Å². The van der Waals surface area contributed by atoms with E-state index in [1.54, 1.807) is 36.4 Å². The number of amides is 2. The molecule has 2 fully saturated rings. The van der Waals surface area contributed by atoms with E-state index in [1.807, 2.05) is 0 Å². The monoisotopic (exact) mass is 666 g/mol. The van der Waals surface area contributed by atoms with Crippen LogP contribution in [0.25, 0.3) is 5.69 Å². The third kappa shape index (κ3) is 3.83. The van der Waals surface area contributed by atoms with E-state index in [2.05, 4.69) is 0 Å². The van der Waals surface area contributed by atoms with Crippen molar-refractivity contribution >= 4 is 40.7 Å². The van der Waals surface area contributed by atoms with Crippen molar-refractivity contribution in [3.8, 4) is 22.9 Å². The number of alkyl halides is 2. The van der Waals surface area contributed by atoms with Gasteiger partial charge in [-0.25, -0.2) is 32.8 Å². The number of carbonyl (C=O) groups is 2. The van der Waals surface area contributed by atoms with Gasteiger partial charge in [-0.2, -0.15) is 0 Å². The van der Waals surface area contributed by atoms with Crippen LogP contribution in [0, 0.1) is 5.82 Å². The summed E-state index contributed by atoms with van der Waals surface area (Å²) in [6.07, 6.45) is 1.27. The molecule has 46 heavy (non-hydrogen) atoms. The number of benzene rings is 3. The standard InChI is InChI=1S/C32H25Cl2FN4O7/c1-45-20-14-23(40)25(24(15-20)46-2)26-21-12-13-36-29(43)38(18-6-4-3-5-7-18)30(44)39(36)22(21)16-31(33)27(41)37(28(42)32(26,31)34)19-10-8-17(35)9-11-19/h3-12,14-15,22,26,40H,13,16H2,1-2H3. The Hall–Kier alpha value is -4.81. The van der Waals surface area contributed by atoms with Gasteiger partial charge in [0.15, 0.2) is 9.75 Å². The first-order valence-corrected chi connectivity index (χ1v) is 14.9. The fraction of sp³-hybridized carbons (Fsp3) is 0.250. The lowest BCUT2D eigenvalue weighted by molar-refractivity contribution is -0.122. The van der Waals surface area contributed by atoms with Gasteiger partial charge in [0.25, 0.3) is 11.8 Å². The van der Waals surface area contributed by atoms with Crippen LogP contribution < -0.4 is 25.8 Å². The van der Waals surface area contributed by atoms with Crippen molar-refractivity contribution in [2.45, 2.75) is 34.7 Å². The third-order valence-electron chi connectivity index (χ3n) is 9.02. The number of para-hydroxylation sites is 1. The highest BCUT2D eigenvalue weighted by atomic mass is 35.5. The molecule has 1 aliphatic carbocycles. The van der Waals surface area contributed by atoms with E-state index in [-0.39, 0.29) is 41.5 Å². The van der Waals surface area contributed by atoms with Crippen LogP contribution in [-0.4, -0.2) is 54.8 Å². The number of ether oxygens (including phenoxy) is 2. The summed E-state index contributed by atoms with van der Waals surface area (Å²) in [7, 11) is 2.74. The van der Waals surface area contributed by atoms with Gasteiger partial charge < -0.3 is 14.6 Å². The highest BCUT2D eigenvalue weighted by molar-refractivity contribution is 6.58. The summed E-state index contributed by atoms with van der Waals surface area (Å²) in [4.78, 5) is 52.8. The molecule has 3 aromatic carbocycles. The van der Waals surface area contributed by atoms with Crippen molar-refractivity contribution in [1.82, 2.24) is 13.9 Å². The lowest BCUT2D eigenvalue weighted by Crippen LogP contribution is -2.59. The number of allylic oxidation sites excluding steroid dienone is 2. The van der Waals surface area contributed by atoms with E-state index in [4.69, 9.17) is 32.7 Å². The molecule has 3 heterocycles. The molecule has 1 saturated carbocycles. The first kappa shape index (κ1) is 29.9. The Balaban J connectivity index is 1.51. The van der Waals surface area contributed by atoms with Crippen LogP contribution in [0.5, 0.6) is 17.2 Å². The smallest absolute Gasteiger partial charge is 0.352 e. The Morgan fingerprint density at radius 2 is 1.59 bits per heavy atom. The maximum absolute atomic E-state index is 14.5. The highest BCUT2D eigenvalue weighted by Gasteiger charge is 2.76. The van der Waals surface area contributed by atoms with Gasteiger partial charge in [-0.05, 0) is 42.0 Å². The van der Waals surface area contributed by atoms with E-state index >= 15 is 0 Å². The molecule has 4 atom stereocenters. The zero-order valence-corrected chi connectivity index (χ0v) is 25.8. The number of halogens is 3. The van der Waals surface area contributed by atoms with Gasteiger partial charge in [0.2, 0.25) is 0 Å². The SMILES string of the molecule is COc1cc(O)c(C2C3=CCn4c(=O)n(-c5ccccc5)c(=O)n4C3CC3(Cl)C(=O)N(c4ccc(F)cc4)C(=O)C23Cl)c(OC)c1. The zero-order valence-electron chi connectivity index (χ0n) is 24.3. The second-order valence-corrected chi connectivity index (χ2v) is 12.5. The Kier molecular flexibility index (Phi) is 6.73. The number of aromatic hydroxyl groups is 1. The van der Waals surface area contributed by atoms with Crippen LogP contribution in [0.4, 0.5) is 10.1 Å². The van der Waals surface area contributed by atoms with Gasteiger partial charge >= 0.3 is 11.4 Å². The molecule has 14 heteroatoms. The van der Waals surface area contributed by atoms with Gasteiger partial charge in [-0.1, -0.05) is 24.3 Å². The molecule has 0 spiro atoms. The fourth-order valence-corrected chi connectivity index (χ4v) is 7.84. The molecule has 1 N–H and O–H groups in total. The summed E-state index contributed by atoms with van der Waals surface area (Å²) in [5.41, 5.74) is -0.590. The molecule has 2 aliphatic heterocycles. The molecule has 2 amide bonds. The van der Waals surface area contributed by atoms with Crippen LogP contribution in [0.2, 0.25) is 0 Å². The molecule has 1 aromatic heterocycles. The zero-order chi connectivity index (χ0) is 32.7. The number of fused-ring (bicyclic) bond motifs is 4. The summed E-state index contributed by atoms with van der Waals surface area (Å²) >= 11 is 14.7. The molecule has 0 radical (unpaired) electrons. The number of nitrogens with zero attached hydrogens (tertiary/aromatic N) is 4. The summed E-state index contributed by atoms with van der Waals surface area (Å²) in [6, 6.07) is 14.7. The minimum absolute atomic E-state index is 0.0210. The average Bonchev–Trinajstić information content (AvgIpc) is 3.39. The van der Waals surface area contributed by atoms with Crippen molar-refractivity contribution < 1.29 is 28.6 Å². The predicted octanol–water partition coefficient (Wildman–Crippen LogP) is 3.86. The number of rotatable bonds is 5. The summed E-state index contributed by atoms with van der Waals surface area (Å²) in [6.45, 7) is -0.0957. The van der Waals surface area contributed by atoms with Gasteiger partial charge in [0, 0.05) is 30.0 Å². The summed E-state index contributed by atoms with van der Waals surface area (Å²) in [5, 5.41) is 11.4. The van der Waals surface area contributed by atoms with E-state index in [0.29, 0.717) is 11.3 Å². The molecule has 236 valence electrons. The van der Waals surface area contributed by atoms with Crippen LogP contribution in [0.15, 0.2) is 88.0 Å². The Bertz CT molecular complexity index is 2090. The number of phenolic OH excluding ortho intramolecular Hbond substituents is 1. The topological polar surface area (TPSA) is 125 Å². The number of hydrogen-bond acceptors (Lipinski definition) is 7. The number of carbonyl (C=O) groups excluding carboxylic acids is 2. The number of anilines is 1. The highest BCUT2D eigenvalue weighted by Crippen LogP contribution is 2.65. The van der Waals surface area contributed by atoms with Gasteiger partial charge in [-0.3, -0.25) is 9.59 Å². The Morgan fingerprint density at radius 3 is 2.24 bits per heavy atom. The fourth-order valence-electron chi connectivity index (χ4n) is 6.94. The van der Waals surface area contributed by atoms with Crippen molar-refractivity contribution in [2.24, 2.45) is 0 Å². The Labute approximate surface area is 270 Å². The van der Waals surface area contributed by atoms with E-state index in [0.717, 1.165) is 21.6 Å². The van der Waals surface area contributed by atoms with Crippen molar-refractivity contribution in [1.29, 1.82) is 0 Å². The van der Waals surface area contributed by atoms with Gasteiger partial charge in [0.05, 0.1) is 38.2 Å². The van der Waals surface area contributed by atoms with Crippen molar-refractivity contribution in [3.05, 3.63) is 111 Å². The van der Waals surface area contributed by atoms with E-state index < -0.39 is 50.7 Å². The maximum Gasteiger partial charge on any atom is 0.352 e. The van der Waals surface area contributed by atoms with Gasteiger partial charge in [-0.15, -0.1) is 23.2 Å². The van der Waals surface area contributed by atoms with Crippen LogP contribution in [0.1, 0.15) is 23.9 Å². The first-order valence-electron chi connectivity index (χ1n) is 14.1. The molecule has 4 unspecified atom stereocenters. The summed E-state index contributed by atoms with van der Waals surface area (Å²) in [5.74, 6) is -3.85. The number of imide groups is 1. The molecule has 7 rings (SSSR count). The quantitative estimate of drug-likeness (QED) is 0.195. The number of hydrogen-bond donors (Lipinski definition) is 1. The molecular weight excluding hydrogens is 642 g/mol. The lowest BCUT2D eigenvalue weighted by Gasteiger charge is -2.49. The molecule has 11 nitrogen and oxygen atoms in total. The average molecular weight is 667 g/mol. The number of methoxy groups -OCH3 is 2. The summed E-state index contributed by atoms with van der Waals surface area (Å²) < 4.78 is 28.3. The van der Waals surface area contributed by atoms with Crippen LogP contribution in [-0.2, 0) is 16.1 Å². The molecular formula is C32H25Cl2FN4O7. The predicted molar refractivity (Wildman–Crippen MR) is 166 cm³/mol. The molecule has 3 aliphatic rings. The minimum atomic E-state index is -2.28. The molecule has 0 bridgehead atoms. The Morgan fingerprint density at radius 1 is 0.891 bits per heavy atom. The largest absolute Gasteiger partial charge is 0.507 e. The molecule has 1 saturated heterocycles. The van der Waals surface area contributed by atoms with Gasteiger partial charge in [0.1, 0.15) is 23.1 Å². The lowest BCUT2D eigenvalue weighted by atomic mass is 9.64. The number of phenols is 1. The third-order valence-corrected chi connectivity index (χ3v) is 10.4. The minimum Gasteiger partial charge on any atom is -0.507 e. The number of aromatic nitrogens is 3. The van der Waals surface area contributed by atoms with E-state index in [1.165, 1.54) is 47.8 Å². The van der Waals surface area contributed by atoms with Crippen molar-refractivity contribution in [3.63, 3.8) is 0 Å². The maximum atomic E-state index is 14.5. The van der Waals surface area contributed by atoms with Crippen LogP contribution in [0.3, 0.4) is 0 Å². The second kappa shape index (κ2) is 10.4. The van der Waals surface area contributed by atoms with Crippen LogP contribution >= 0.6 is 23.2 Å². The molecule has 4 aromatic rings.